The van der Waals surface area contributed by atoms with Gasteiger partial charge in [0, 0.05) is 5.56 Å². The van der Waals surface area contributed by atoms with Crippen LogP contribution in [0.25, 0.3) is 0 Å². The Hall–Kier alpha value is -2.18. The normalized spacial score (nSPS) is 12.7. The molecule has 5 nitrogen and oxygen atoms in total. The predicted molar refractivity (Wildman–Crippen MR) is 89.5 cm³/mol. The van der Waals surface area contributed by atoms with Crippen LogP contribution in [-0.4, -0.2) is 14.3 Å². The second-order valence-electron chi connectivity index (χ2n) is 5.36. The first-order chi connectivity index (χ1) is 10.8. The number of aryl methyl sites for hydroxylation is 1. The molecule has 6 heteroatoms. The van der Waals surface area contributed by atoms with Crippen molar-refractivity contribution in [3.8, 4) is 0 Å². The van der Waals surface area contributed by atoms with Gasteiger partial charge in [-0.25, -0.2) is 13.6 Å². The number of primary sulfonamides is 1. The summed E-state index contributed by atoms with van der Waals surface area (Å²) in [5, 5.41) is 7.95. The molecule has 0 fully saturated rings. The summed E-state index contributed by atoms with van der Waals surface area (Å²) in [6.45, 7) is 3.90. The Kier molecular flexibility index (Phi) is 5.18. The molecule has 0 aliphatic rings. The van der Waals surface area contributed by atoms with Crippen molar-refractivity contribution >= 4 is 15.9 Å². The summed E-state index contributed by atoms with van der Waals surface area (Å²) in [6, 6.07) is 13.4. The lowest BCUT2D eigenvalue weighted by Crippen LogP contribution is -2.26. The largest absolute Gasteiger partial charge is 0.346 e. The Morgan fingerprint density at radius 3 is 2.13 bits per heavy atom. The van der Waals surface area contributed by atoms with Crippen LogP contribution in [0.4, 0.5) is 0 Å². The van der Waals surface area contributed by atoms with Crippen molar-refractivity contribution < 1.29 is 13.2 Å². The van der Waals surface area contributed by atoms with Gasteiger partial charge in [0.25, 0.3) is 5.91 Å². The van der Waals surface area contributed by atoms with E-state index in [2.05, 4.69) is 12.2 Å². The van der Waals surface area contributed by atoms with E-state index in [0.29, 0.717) is 5.56 Å². The Bertz CT molecular complexity index is 782. The third-order valence-corrected chi connectivity index (χ3v) is 4.61. The van der Waals surface area contributed by atoms with Crippen LogP contribution in [0.5, 0.6) is 0 Å². The van der Waals surface area contributed by atoms with E-state index in [0.717, 1.165) is 12.0 Å². The lowest BCUT2D eigenvalue weighted by atomic mass is 10.1. The molecule has 0 saturated heterocycles. The van der Waals surface area contributed by atoms with E-state index in [-0.39, 0.29) is 16.8 Å². The van der Waals surface area contributed by atoms with E-state index in [9.17, 15) is 13.2 Å². The van der Waals surface area contributed by atoms with Gasteiger partial charge in [-0.15, -0.1) is 0 Å². The lowest BCUT2D eigenvalue weighted by Gasteiger charge is -2.15. The van der Waals surface area contributed by atoms with E-state index >= 15 is 0 Å². The van der Waals surface area contributed by atoms with Gasteiger partial charge < -0.3 is 5.32 Å². The first-order valence-corrected chi connectivity index (χ1v) is 8.88. The highest BCUT2D eigenvalue weighted by Crippen LogP contribution is 2.16. The van der Waals surface area contributed by atoms with Gasteiger partial charge >= 0.3 is 0 Å². The second-order valence-corrected chi connectivity index (χ2v) is 6.92. The number of nitrogens with one attached hydrogen (secondary N) is 1. The zero-order valence-corrected chi connectivity index (χ0v) is 13.9. The molecule has 1 amide bonds. The summed E-state index contributed by atoms with van der Waals surface area (Å²) in [4.78, 5) is 12.3. The molecule has 0 aliphatic heterocycles. The SMILES string of the molecule is CCc1ccc(C(=O)NC(C)c2ccc(S(N)(=O)=O)cc2)cc1. The fraction of sp³-hybridized carbons (Fsp3) is 0.235. The van der Waals surface area contributed by atoms with Crippen LogP contribution in [-0.2, 0) is 16.4 Å². The molecule has 23 heavy (non-hydrogen) atoms. The van der Waals surface area contributed by atoms with Crippen LogP contribution >= 0.6 is 0 Å². The standard InChI is InChI=1S/C17H20N2O3S/c1-3-13-4-6-15(7-5-13)17(20)19-12(2)14-8-10-16(11-9-14)23(18,21)22/h4-12H,3H2,1-2H3,(H,19,20)(H2,18,21,22). The Morgan fingerprint density at radius 2 is 1.65 bits per heavy atom. The van der Waals surface area contributed by atoms with E-state index in [4.69, 9.17) is 5.14 Å². The zero-order valence-electron chi connectivity index (χ0n) is 13.1. The van der Waals surface area contributed by atoms with E-state index in [1.807, 2.05) is 19.1 Å². The van der Waals surface area contributed by atoms with Crippen LogP contribution in [0, 0.1) is 0 Å². The van der Waals surface area contributed by atoms with Gasteiger partial charge in [0.15, 0.2) is 0 Å². The average molecular weight is 332 g/mol. The van der Waals surface area contributed by atoms with Crippen molar-refractivity contribution in [2.75, 3.05) is 0 Å². The minimum atomic E-state index is -3.71. The van der Waals surface area contributed by atoms with Crippen LogP contribution < -0.4 is 10.5 Å². The van der Waals surface area contributed by atoms with Gasteiger partial charge in [0.05, 0.1) is 10.9 Å². The molecule has 3 N–H and O–H groups in total. The monoisotopic (exact) mass is 332 g/mol. The third kappa shape index (κ3) is 4.40. The van der Waals surface area contributed by atoms with Crippen molar-refractivity contribution in [2.45, 2.75) is 31.2 Å². The highest BCUT2D eigenvalue weighted by atomic mass is 32.2. The summed E-state index contributed by atoms with van der Waals surface area (Å²) < 4.78 is 22.5. The molecule has 0 aliphatic carbocycles. The average Bonchev–Trinajstić information content (AvgIpc) is 2.54. The number of sulfonamides is 1. The van der Waals surface area contributed by atoms with Crippen LogP contribution in [0.15, 0.2) is 53.4 Å². The van der Waals surface area contributed by atoms with Gasteiger partial charge in [-0.3, -0.25) is 4.79 Å². The minimum Gasteiger partial charge on any atom is -0.346 e. The Morgan fingerprint density at radius 1 is 1.09 bits per heavy atom. The van der Waals surface area contributed by atoms with Crippen LogP contribution in [0.1, 0.15) is 41.4 Å². The number of nitrogens with two attached hydrogens (primary N) is 1. The number of carbonyl (C=O) groups is 1. The first kappa shape index (κ1) is 17.2. The molecular weight excluding hydrogens is 312 g/mol. The van der Waals surface area contributed by atoms with E-state index < -0.39 is 10.0 Å². The molecule has 1 unspecified atom stereocenters. The zero-order chi connectivity index (χ0) is 17.0. The number of amides is 1. The van der Waals surface area contributed by atoms with Crippen LogP contribution in [0.2, 0.25) is 0 Å². The molecule has 2 aromatic rings. The molecule has 0 radical (unpaired) electrons. The van der Waals surface area contributed by atoms with E-state index in [1.54, 1.807) is 24.3 Å². The minimum absolute atomic E-state index is 0.0509. The Balaban J connectivity index is 2.08. The second kappa shape index (κ2) is 6.93. The molecule has 2 rings (SSSR count). The summed E-state index contributed by atoms with van der Waals surface area (Å²) in [7, 11) is -3.71. The van der Waals surface area contributed by atoms with Gasteiger partial charge in [-0.1, -0.05) is 31.2 Å². The summed E-state index contributed by atoms with van der Waals surface area (Å²) >= 11 is 0. The van der Waals surface area contributed by atoms with Crippen molar-refractivity contribution in [3.63, 3.8) is 0 Å². The Labute approximate surface area is 136 Å². The van der Waals surface area contributed by atoms with Gasteiger partial charge in [0.1, 0.15) is 0 Å². The predicted octanol–water partition coefficient (Wildman–Crippen LogP) is 2.39. The quantitative estimate of drug-likeness (QED) is 0.881. The molecular formula is C17H20N2O3S. The van der Waals surface area contributed by atoms with E-state index in [1.165, 1.54) is 17.7 Å². The maximum Gasteiger partial charge on any atom is 0.251 e. The van der Waals surface area contributed by atoms with Gasteiger partial charge in [-0.2, -0.15) is 0 Å². The number of benzene rings is 2. The molecule has 0 bridgehead atoms. The summed E-state index contributed by atoms with van der Waals surface area (Å²) in [5.74, 6) is -0.171. The topological polar surface area (TPSA) is 89.3 Å². The molecule has 122 valence electrons. The molecule has 0 saturated carbocycles. The lowest BCUT2D eigenvalue weighted by molar-refractivity contribution is 0.0940. The van der Waals surface area contributed by atoms with Gasteiger partial charge in [0.2, 0.25) is 10.0 Å². The third-order valence-electron chi connectivity index (χ3n) is 3.68. The summed E-state index contributed by atoms with van der Waals surface area (Å²) in [5.41, 5.74) is 2.57. The van der Waals surface area contributed by atoms with Crippen molar-refractivity contribution in [1.82, 2.24) is 5.32 Å². The maximum atomic E-state index is 12.2. The molecule has 0 aromatic heterocycles. The fourth-order valence-electron chi connectivity index (χ4n) is 2.20. The molecule has 0 spiro atoms. The highest BCUT2D eigenvalue weighted by Gasteiger charge is 2.13. The van der Waals surface area contributed by atoms with Gasteiger partial charge in [-0.05, 0) is 48.7 Å². The van der Waals surface area contributed by atoms with Crippen molar-refractivity contribution in [3.05, 3.63) is 65.2 Å². The molecule has 0 heterocycles. The number of hydrogen-bond donors (Lipinski definition) is 2. The summed E-state index contributed by atoms with van der Waals surface area (Å²) in [6.07, 6.45) is 0.925. The molecule has 2 aromatic carbocycles. The number of rotatable bonds is 5. The molecule has 1 atom stereocenters. The highest BCUT2D eigenvalue weighted by molar-refractivity contribution is 7.89. The number of carbonyl (C=O) groups excluding carboxylic acids is 1. The van der Waals surface area contributed by atoms with Crippen LogP contribution in [0.3, 0.4) is 0 Å². The maximum absolute atomic E-state index is 12.2. The van der Waals surface area contributed by atoms with Crippen molar-refractivity contribution in [1.29, 1.82) is 0 Å². The fourth-order valence-corrected chi connectivity index (χ4v) is 2.72. The smallest absolute Gasteiger partial charge is 0.251 e. The van der Waals surface area contributed by atoms with Crippen molar-refractivity contribution in [2.24, 2.45) is 5.14 Å². The number of hydrogen-bond acceptors (Lipinski definition) is 3. The first-order valence-electron chi connectivity index (χ1n) is 7.34.